The van der Waals surface area contributed by atoms with Crippen molar-refractivity contribution in [3.63, 3.8) is 0 Å². The molecule has 0 bridgehead atoms. The second-order valence-electron chi connectivity index (χ2n) is 6.13. The van der Waals surface area contributed by atoms with Crippen molar-refractivity contribution in [3.05, 3.63) is 35.4 Å². The minimum absolute atomic E-state index is 0.303. The summed E-state index contributed by atoms with van der Waals surface area (Å²) in [4.78, 5) is 0. The highest BCUT2D eigenvalue weighted by atomic mass is 35.5. The Labute approximate surface area is 133 Å². The first kappa shape index (κ1) is 16.8. The number of halogens is 1. The van der Waals surface area contributed by atoms with E-state index in [0.29, 0.717) is 30.8 Å². The standard InChI is InChI=1S/C16H24ClNO2S/c1-13-5-7-15(8-6-13)16(11-17)10-14-4-3-9-18(12-14)21(2,19)20/h5-8,14,16H,3-4,9-12H2,1-2H3. The Morgan fingerprint density at radius 3 is 2.57 bits per heavy atom. The third-order valence-corrected chi connectivity index (χ3v) is 5.95. The molecule has 2 unspecified atom stereocenters. The van der Waals surface area contributed by atoms with Gasteiger partial charge in [-0.1, -0.05) is 29.8 Å². The summed E-state index contributed by atoms with van der Waals surface area (Å²) >= 11 is 6.16. The van der Waals surface area contributed by atoms with Gasteiger partial charge in [-0.2, -0.15) is 0 Å². The molecule has 1 fully saturated rings. The fourth-order valence-electron chi connectivity index (χ4n) is 3.05. The summed E-state index contributed by atoms with van der Waals surface area (Å²) in [6.45, 7) is 3.37. The Morgan fingerprint density at radius 2 is 2.00 bits per heavy atom. The van der Waals surface area contributed by atoms with Crippen molar-refractivity contribution in [2.45, 2.75) is 32.1 Å². The zero-order valence-corrected chi connectivity index (χ0v) is 14.3. The number of rotatable bonds is 5. The zero-order valence-electron chi connectivity index (χ0n) is 12.8. The molecule has 1 aromatic rings. The van der Waals surface area contributed by atoms with Gasteiger partial charge in [-0.15, -0.1) is 11.6 Å². The van der Waals surface area contributed by atoms with Crippen molar-refractivity contribution < 1.29 is 8.42 Å². The highest BCUT2D eigenvalue weighted by Gasteiger charge is 2.27. The number of benzene rings is 1. The van der Waals surface area contributed by atoms with Gasteiger partial charge in [-0.25, -0.2) is 12.7 Å². The molecule has 0 N–H and O–H groups in total. The van der Waals surface area contributed by atoms with Gasteiger partial charge in [0.15, 0.2) is 0 Å². The van der Waals surface area contributed by atoms with Crippen molar-refractivity contribution >= 4 is 21.6 Å². The van der Waals surface area contributed by atoms with Gasteiger partial charge >= 0.3 is 0 Å². The van der Waals surface area contributed by atoms with E-state index in [1.807, 2.05) is 0 Å². The van der Waals surface area contributed by atoms with Crippen molar-refractivity contribution in [1.29, 1.82) is 0 Å². The first-order valence-corrected chi connectivity index (χ1v) is 9.86. The first-order chi connectivity index (χ1) is 9.90. The fraction of sp³-hybridized carbons (Fsp3) is 0.625. The molecule has 3 nitrogen and oxygen atoms in total. The van der Waals surface area contributed by atoms with Crippen LogP contribution in [0.3, 0.4) is 0 Å². The van der Waals surface area contributed by atoms with E-state index in [-0.39, 0.29) is 0 Å². The number of nitrogens with zero attached hydrogens (tertiary/aromatic N) is 1. The molecule has 0 radical (unpaired) electrons. The summed E-state index contributed by atoms with van der Waals surface area (Å²) in [5, 5.41) is 0. The van der Waals surface area contributed by atoms with Crippen LogP contribution in [0.1, 0.15) is 36.3 Å². The Bertz CT molecular complexity index is 556. The van der Waals surface area contributed by atoms with E-state index < -0.39 is 10.0 Å². The molecule has 2 rings (SSSR count). The molecule has 0 aromatic heterocycles. The minimum Gasteiger partial charge on any atom is -0.213 e. The summed E-state index contributed by atoms with van der Waals surface area (Å²) in [5.74, 6) is 1.29. The maximum atomic E-state index is 11.7. The molecule has 0 amide bonds. The van der Waals surface area contributed by atoms with E-state index in [4.69, 9.17) is 11.6 Å². The summed E-state index contributed by atoms with van der Waals surface area (Å²) in [6.07, 6.45) is 4.29. The third-order valence-electron chi connectivity index (χ3n) is 4.30. The molecule has 2 atom stereocenters. The monoisotopic (exact) mass is 329 g/mol. The average Bonchev–Trinajstić information content (AvgIpc) is 2.45. The highest BCUT2D eigenvalue weighted by Crippen LogP contribution is 2.30. The molecule has 1 heterocycles. The Balaban J connectivity index is 2.03. The number of piperidine rings is 1. The Hall–Kier alpha value is -0.580. The van der Waals surface area contributed by atoms with E-state index >= 15 is 0 Å². The molecule has 0 spiro atoms. The molecule has 1 aromatic carbocycles. The number of aryl methyl sites for hydroxylation is 1. The predicted octanol–water partition coefficient (Wildman–Crippen LogP) is 3.38. The Morgan fingerprint density at radius 1 is 1.33 bits per heavy atom. The average molecular weight is 330 g/mol. The van der Waals surface area contributed by atoms with Gasteiger partial charge in [0.2, 0.25) is 10.0 Å². The van der Waals surface area contributed by atoms with Gasteiger partial charge in [-0.05, 0) is 43.6 Å². The zero-order chi connectivity index (χ0) is 15.5. The van der Waals surface area contributed by atoms with Crippen molar-refractivity contribution in [1.82, 2.24) is 4.31 Å². The van der Waals surface area contributed by atoms with Crippen LogP contribution >= 0.6 is 11.6 Å². The number of hydrogen-bond acceptors (Lipinski definition) is 2. The van der Waals surface area contributed by atoms with Crippen LogP contribution in [0.2, 0.25) is 0 Å². The summed E-state index contributed by atoms with van der Waals surface area (Å²) in [6, 6.07) is 8.50. The topological polar surface area (TPSA) is 37.4 Å². The van der Waals surface area contributed by atoms with Crippen molar-refractivity contribution in [3.8, 4) is 0 Å². The lowest BCUT2D eigenvalue weighted by Gasteiger charge is -2.32. The number of alkyl halides is 1. The van der Waals surface area contributed by atoms with Gasteiger partial charge in [0.1, 0.15) is 0 Å². The van der Waals surface area contributed by atoms with Crippen LogP contribution in [0.4, 0.5) is 0 Å². The maximum Gasteiger partial charge on any atom is 0.211 e. The second-order valence-corrected chi connectivity index (χ2v) is 8.42. The van der Waals surface area contributed by atoms with E-state index in [0.717, 1.165) is 19.3 Å². The lowest BCUT2D eigenvalue weighted by atomic mass is 9.86. The largest absolute Gasteiger partial charge is 0.213 e. The first-order valence-electron chi connectivity index (χ1n) is 7.48. The summed E-state index contributed by atoms with van der Waals surface area (Å²) < 4.78 is 25.0. The van der Waals surface area contributed by atoms with Crippen LogP contribution in [0.5, 0.6) is 0 Å². The smallest absolute Gasteiger partial charge is 0.211 e. The molecule has 0 aliphatic carbocycles. The van der Waals surface area contributed by atoms with Crippen LogP contribution in [-0.4, -0.2) is 37.9 Å². The van der Waals surface area contributed by atoms with Crippen molar-refractivity contribution in [2.24, 2.45) is 5.92 Å². The second kappa shape index (κ2) is 7.12. The van der Waals surface area contributed by atoms with E-state index in [1.54, 1.807) is 4.31 Å². The van der Waals surface area contributed by atoms with Gasteiger partial charge in [0, 0.05) is 19.0 Å². The number of hydrogen-bond donors (Lipinski definition) is 0. The molecule has 118 valence electrons. The fourth-order valence-corrected chi connectivity index (χ4v) is 4.30. The van der Waals surface area contributed by atoms with E-state index in [2.05, 4.69) is 31.2 Å². The van der Waals surface area contributed by atoms with Crippen LogP contribution < -0.4 is 0 Å². The SMILES string of the molecule is Cc1ccc(C(CCl)CC2CCCN(S(C)(=O)=O)C2)cc1. The summed E-state index contributed by atoms with van der Waals surface area (Å²) in [7, 11) is -3.07. The molecule has 0 saturated carbocycles. The van der Waals surface area contributed by atoms with Crippen LogP contribution in [-0.2, 0) is 10.0 Å². The maximum absolute atomic E-state index is 11.7. The normalized spacial score (nSPS) is 22.1. The summed E-state index contributed by atoms with van der Waals surface area (Å²) in [5.41, 5.74) is 2.50. The van der Waals surface area contributed by atoms with Gasteiger partial charge in [0.25, 0.3) is 0 Å². The van der Waals surface area contributed by atoms with Crippen LogP contribution in [0, 0.1) is 12.8 Å². The van der Waals surface area contributed by atoms with Gasteiger partial charge in [-0.3, -0.25) is 0 Å². The lowest BCUT2D eigenvalue weighted by Crippen LogP contribution is -2.39. The van der Waals surface area contributed by atoms with Crippen LogP contribution in [0.15, 0.2) is 24.3 Å². The number of sulfonamides is 1. The van der Waals surface area contributed by atoms with Crippen molar-refractivity contribution in [2.75, 3.05) is 25.2 Å². The van der Waals surface area contributed by atoms with Gasteiger partial charge in [0.05, 0.1) is 6.26 Å². The molecule has 5 heteroatoms. The molecule has 21 heavy (non-hydrogen) atoms. The Kier molecular flexibility index (Phi) is 5.69. The van der Waals surface area contributed by atoms with Crippen LogP contribution in [0.25, 0.3) is 0 Å². The minimum atomic E-state index is -3.07. The quantitative estimate of drug-likeness (QED) is 0.777. The van der Waals surface area contributed by atoms with E-state index in [1.165, 1.54) is 17.4 Å². The van der Waals surface area contributed by atoms with E-state index in [9.17, 15) is 8.42 Å². The highest BCUT2D eigenvalue weighted by molar-refractivity contribution is 7.88. The lowest BCUT2D eigenvalue weighted by molar-refractivity contribution is 0.249. The van der Waals surface area contributed by atoms with Gasteiger partial charge < -0.3 is 0 Å². The molecule has 1 aliphatic rings. The molecule has 1 aliphatic heterocycles. The predicted molar refractivity (Wildman–Crippen MR) is 88.4 cm³/mol. The molecular formula is C16H24ClNO2S. The third kappa shape index (κ3) is 4.70. The molecule has 1 saturated heterocycles. The molecular weight excluding hydrogens is 306 g/mol.